The standard InChI is InChI=1S/C24H28N6O/c1-5-21(22-13-23-18(4)25-17(3)14-30(23)27-22)26-24-8-7-20(15-29(24)16-31)19-9-11-28(6-2)12-10-19/h5,7-9,13-16H,6,10-12H2,1-4H3/b21-5-,26-24-. The average Bonchev–Trinajstić information content (AvgIpc) is 3.21. The number of fused-ring (bicyclic) bond motifs is 1. The van der Waals surface area contributed by atoms with E-state index in [0.29, 0.717) is 11.2 Å². The molecule has 0 fully saturated rings. The van der Waals surface area contributed by atoms with Crippen molar-refractivity contribution >= 4 is 23.2 Å². The molecule has 4 rings (SSSR count). The van der Waals surface area contributed by atoms with Crippen LogP contribution in [0.2, 0.25) is 0 Å². The number of pyridine rings is 1. The molecule has 0 atom stereocenters. The lowest BCUT2D eigenvalue weighted by Crippen LogP contribution is -2.28. The Hall–Kier alpha value is -3.32. The Morgan fingerprint density at radius 3 is 2.77 bits per heavy atom. The zero-order valence-corrected chi connectivity index (χ0v) is 18.5. The normalized spacial score (nSPS) is 16.1. The largest absolute Gasteiger partial charge is 0.300 e. The van der Waals surface area contributed by atoms with E-state index in [1.54, 1.807) is 4.57 Å². The fourth-order valence-electron chi connectivity index (χ4n) is 3.95. The van der Waals surface area contributed by atoms with E-state index >= 15 is 0 Å². The van der Waals surface area contributed by atoms with Crippen molar-refractivity contribution in [1.82, 2.24) is 24.1 Å². The van der Waals surface area contributed by atoms with Gasteiger partial charge in [0.2, 0.25) is 6.41 Å². The van der Waals surface area contributed by atoms with Crippen LogP contribution in [-0.4, -0.2) is 50.1 Å². The number of allylic oxidation sites excluding steroid dienone is 1. The highest BCUT2D eigenvalue weighted by Crippen LogP contribution is 2.22. The first-order valence-corrected chi connectivity index (χ1v) is 10.7. The molecule has 31 heavy (non-hydrogen) atoms. The van der Waals surface area contributed by atoms with E-state index in [0.717, 1.165) is 60.6 Å². The number of aryl methyl sites for hydroxylation is 2. The van der Waals surface area contributed by atoms with Gasteiger partial charge in [0, 0.05) is 19.3 Å². The summed E-state index contributed by atoms with van der Waals surface area (Å²) in [6, 6.07) is 5.92. The van der Waals surface area contributed by atoms with Crippen LogP contribution in [0.15, 0.2) is 47.7 Å². The molecule has 4 heterocycles. The number of hydrogen-bond donors (Lipinski definition) is 0. The van der Waals surface area contributed by atoms with Gasteiger partial charge in [0.1, 0.15) is 11.2 Å². The first-order valence-electron chi connectivity index (χ1n) is 10.7. The molecule has 0 amide bonds. The minimum Gasteiger partial charge on any atom is -0.300 e. The first-order chi connectivity index (χ1) is 15.0. The number of carbonyl (C=O) groups is 1. The summed E-state index contributed by atoms with van der Waals surface area (Å²) in [5.74, 6) is 0. The van der Waals surface area contributed by atoms with Crippen LogP contribution in [0.4, 0.5) is 0 Å². The zero-order chi connectivity index (χ0) is 22.0. The van der Waals surface area contributed by atoms with Crippen LogP contribution in [-0.2, 0) is 4.79 Å². The van der Waals surface area contributed by atoms with Gasteiger partial charge in [0.15, 0.2) is 0 Å². The number of likely N-dealkylation sites (N-methyl/N-ethyl adjacent to an activating group) is 1. The van der Waals surface area contributed by atoms with Gasteiger partial charge in [-0.3, -0.25) is 19.2 Å². The molecule has 0 aliphatic carbocycles. The SMILES string of the molecule is C/C=C(\N=c1\ccc(C2=CCN(CC)CC2)cn1C=O)c1cc2c(C)nc(C)cn2n1. The molecule has 160 valence electrons. The maximum absolute atomic E-state index is 11.8. The van der Waals surface area contributed by atoms with Gasteiger partial charge in [0.05, 0.1) is 28.8 Å². The highest BCUT2D eigenvalue weighted by Gasteiger charge is 2.13. The first kappa shape index (κ1) is 20.9. The Bertz CT molecular complexity index is 1260. The molecule has 1 aliphatic heterocycles. The lowest BCUT2D eigenvalue weighted by atomic mass is 10.0. The van der Waals surface area contributed by atoms with Gasteiger partial charge in [-0.1, -0.05) is 19.1 Å². The monoisotopic (exact) mass is 416 g/mol. The van der Waals surface area contributed by atoms with Crippen LogP contribution < -0.4 is 5.49 Å². The third-order valence-electron chi connectivity index (χ3n) is 5.71. The number of nitrogens with zero attached hydrogens (tertiary/aromatic N) is 6. The van der Waals surface area contributed by atoms with E-state index in [2.05, 4.69) is 28.0 Å². The summed E-state index contributed by atoms with van der Waals surface area (Å²) in [6.45, 7) is 11.1. The Morgan fingerprint density at radius 1 is 1.26 bits per heavy atom. The van der Waals surface area contributed by atoms with Crippen molar-refractivity contribution in [3.05, 3.63) is 70.9 Å². The van der Waals surface area contributed by atoms with Crippen molar-refractivity contribution < 1.29 is 4.79 Å². The predicted octanol–water partition coefficient (Wildman–Crippen LogP) is 3.26. The molecule has 0 radical (unpaired) electrons. The van der Waals surface area contributed by atoms with Crippen LogP contribution in [0, 0.1) is 13.8 Å². The molecule has 0 aromatic carbocycles. The Kier molecular flexibility index (Phi) is 5.95. The summed E-state index contributed by atoms with van der Waals surface area (Å²) in [5, 5.41) is 4.67. The van der Waals surface area contributed by atoms with Gasteiger partial charge in [-0.15, -0.1) is 0 Å². The number of rotatable bonds is 5. The quantitative estimate of drug-likeness (QED) is 0.599. The molecule has 7 nitrogen and oxygen atoms in total. The Labute approximate surface area is 182 Å². The van der Waals surface area contributed by atoms with Crippen LogP contribution in [0.3, 0.4) is 0 Å². The summed E-state index contributed by atoms with van der Waals surface area (Å²) in [6.07, 6.45) is 9.71. The number of aromatic nitrogens is 4. The van der Waals surface area contributed by atoms with Gasteiger partial charge < -0.3 is 0 Å². The van der Waals surface area contributed by atoms with E-state index in [4.69, 9.17) is 4.99 Å². The fraction of sp³-hybridized carbons (Fsp3) is 0.333. The third kappa shape index (κ3) is 4.27. The lowest BCUT2D eigenvalue weighted by molar-refractivity contribution is 0.318. The molecule has 3 aromatic heterocycles. The van der Waals surface area contributed by atoms with Gasteiger partial charge in [-0.25, -0.2) is 9.51 Å². The molecule has 0 saturated heterocycles. The Balaban J connectivity index is 1.71. The third-order valence-corrected chi connectivity index (χ3v) is 5.71. The maximum Gasteiger partial charge on any atom is 0.219 e. The minimum atomic E-state index is 0.571. The lowest BCUT2D eigenvalue weighted by Gasteiger charge is -2.25. The smallest absolute Gasteiger partial charge is 0.219 e. The second-order valence-corrected chi connectivity index (χ2v) is 7.77. The van der Waals surface area contributed by atoms with Gasteiger partial charge in [-0.05, 0) is 63.1 Å². The maximum atomic E-state index is 11.8. The van der Waals surface area contributed by atoms with Gasteiger partial charge in [0.25, 0.3) is 0 Å². The van der Waals surface area contributed by atoms with E-state index < -0.39 is 0 Å². The van der Waals surface area contributed by atoms with Crippen molar-refractivity contribution in [2.24, 2.45) is 4.99 Å². The minimum absolute atomic E-state index is 0.571. The highest BCUT2D eigenvalue weighted by atomic mass is 16.1. The van der Waals surface area contributed by atoms with Crippen LogP contribution >= 0.6 is 0 Å². The fourth-order valence-corrected chi connectivity index (χ4v) is 3.95. The second-order valence-electron chi connectivity index (χ2n) is 7.77. The predicted molar refractivity (Wildman–Crippen MR) is 123 cm³/mol. The average molecular weight is 417 g/mol. The summed E-state index contributed by atoms with van der Waals surface area (Å²) < 4.78 is 3.37. The van der Waals surface area contributed by atoms with Crippen molar-refractivity contribution in [3.8, 4) is 0 Å². The van der Waals surface area contributed by atoms with Crippen LogP contribution in [0.25, 0.3) is 16.8 Å². The molecule has 0 unspecified atom stereocenters. The van der Waals surface area contributed by atoms with E-state index in [-0.39, 0.29) is 0 Å². The second kappa shape index (κ2) is 8.81. The van der Waals surface area contributed by atoms with Crippen molar-refractivity contribution in [3.63, 3.8) is 0 Å². The molecular formula is C24H28N6O. The molecule has 0 bridgehead atoms. The van der Waals surface area contributed by atoms with Crippen LogP contribution in [0.5, 0.6) is 0 Å². The van der Waals surface area contributed by atoms with E-state index in [1.165, 1.54) is 5.57 Å². The topological polar surface area (TPSA) is 67.8 Å². The summed E-state index contributed by atoms with van der Waals surface area (Å²) >= 11 is 0. The molecule has 1 aliphatic rings. The molecule has 0 N–H and O–H groups in total. The van der Waals surface area contributed by atoms with Gasteiger partial charge >= 0.3 is 0 Å². The molecule has 0 saturated carbocycles. The number of hydrogen-bond acceptors (Lipinski definition) is 5. The van der Waals surface area contributed by atoms with Crippen LogP contribution in [0.1, 0.15) is 42.9 Å². The summed E-state index contributed by atoms with van der Waals surface area (Å²) in [7, 11) is 0. The van der Waals surface area contributed by atoms with E-state index in [1.807, 2.05) is 62.0 Å². The van der Waals surface area contributed by atoms with Crippen molar-refractivity contribution in [1.29, 1.82) is 0 Å². The van der Waals surface area contributed by atoms with Crippen molar-refractivity contribution in [2.45, 2.75) is 34.1 Å². The summed E-state index contributed by atoms with van der Waals surface area (Å²) in [4.78, 5) is 23.5. The molecule has 0 spiro atoms. The zero-order valence-electron chi connectivity index (χ0n) is 18.5. The Morgan fingerprint density at radius 2 is 2.10 bits per heavy atom. The summed E-state index contributed by atoms with van der Waals surface area (Å²) in [5.41, 5.74) is 7.14. The number of carbonyl (C=O) groups excluding carboxylic acids is 1. The van der Waals surface area contributed by atoms with Gasteiger partial charge in [-0.2, -0.15) is 5.10 Å². The van der Waals surface area contributed by atoms with Crippen molar-refractivity contribution in [2.75, 3.05) is 19.6 Å². The molecule has 3 aromatic rings. The van der Waals surface area contributed by atoms with E-state index in [9.17, 15) is 4.79 Å². The molecule has 7 heteroatoms. The highest BCUT2D eigenvalue weighted by molar-refractivity contribution is 5.69. The molecular weight excluding hydrogens is 388 g/mol.